The molecule has 0 fully saturated rings. The lowest BCUT2D eigenvalue weighted by atomic mass is 10.1. The maximum Gasteiger partial charge on any atom is 0.132 e. The Kier molecular flexibility index (Phi) is 3.52. The molecule has 1 heterocycles. The van der Waals surface area contributed by atoms with Crippen molar-refractivity contribution < 1.29 is 0 Å². The fraction of sp³-hybridized carbons (Fsp3) is 0.100. The molecule has 13 heavy (non-hydrogen) atoms. The molecule has 0 aliphatic rings. The summed E-state index contributed by atoms with van der Waals surface area (Å²) in [6.07, 6.45) is 4.99. The average molecular weight is 214 g/mol. The van der Waals surface area contributed by atoms with Crippen LogP contribution in [0.1, 0.15) is 11.1 Å². The number of aromatic nitrogens is 1. The van der Waals surface area contributed by atoms with Crippen molar-refractivity contribution in [1.29, 1.82) is 0 Å². The molecule has 0 aromatic carbocycles. The monoisotopic (exact) mass is 213 g/mol. The van der Waals surface area contributed by atoms with Gasteiger partial charge in [0.2, 0.25) is 0 Å². The van der Waals surface area contributed by atoms with Crippen molar-refractivity contribution in [1.82, 2.24) is 4.98 Å². The van der Waals surface area contributed by atoms with Crippen molar-refractivity contribution in [3.63, 3.8) is 0 Å². The van der Waals surface area contributed by atoms with Crippen LogP contribution in [0.3, 0.4) is 0 Å². The Bertz CT molecular complexity index is 356. The van der Waals surface area contributed by atoms with Crippen LogP contribution in [0.2, 0.25) is 5.15 Å². The van der Waals surface area contributed by atoms with E-state index in [0.29, 0.717) is 10.2 Å². The normalized spacial score (nSPS) is 11.5. The summed E-state index contributed by atoms with van der Waals surface area (Å²) in [6.45, 7) is 5.45. The molecule has 1 aromatic heterocycles. The molecule has 0 radical (unpaired) electrons. The average Bonchev–Trinajstić information content (AvgIpc) is 2.10. The third-order valence-electron chi connectivity index (χ3n) is 1.66. The van der Waals surface area contributed by atoms with Crippen molar-refractivity contribution in [3.05, 3.63) is 47.3 Å². The fourth-order valence-corrected chi connectivity index (χ4v) is 1.41. The van der Waals surface area contributed by atoms with Gasteiger partial charge >= 0.3 is 0 Å². The molecule has 0 aliphatic heterocycles. The predicted molar refractivity (Wildman–Crippen MR) is 58.0 cm³/mol. The second-order valence-electron chi connectivity index (χ2n) is 2.52. The highest BCUT2D eigenvalue weighted by molar-refractivity contribution is 6.49. The van der Waals surface area contributed by atoms with Crippen molar-refractivity contribution in [2.75, 3.05) is 0 Å². The lowest BCUT2D eigenvalue weighted by molar-refractivity contribution is 1.25. The van der Waals surface area contributed by atoms with Crippen LogP contribution >= 0.6 is 23.2 Å². The minimum Gasteiger partial charge on any atom is -0.244 e. The largest absolute Gasteiger partial charge is 0.244 e. The molecule has 1 nitrogen and oxygen atoms in total. The van der Waals surface area contributed by atoms with Crippen molar-refractivity contribution in [2.45, 2.75) is 6.92 Å². The van der Waals surface area contributed by atoms with Gasteiger partial charge in [0.15, 0.2) is 0 Å². The van der Waals surface area contributed by atoms with Gasteiger partial charge in [-0.1, -0.05) is 35.9 Å². The molecule has 0 aliphatic carbocycles. The molecule has 1 aromatic rings. The van der Waals surface area contributed by atoms with Crippen LogP contribution in [-0.2, 0) is 0 Å². The highest BCUT2D eigenvalue weighted by Crippen LogP contribution is 2.25. The lowest BCUT2D eigenvalue weighted by Crippen LogP contribution is -1.87. The highest BCUT2D eigenvalue weighted by atomic mass is 35.5. The molecular formula is C10H9Cl2N. The third-order valence-corrected chi connectivity index (χ3v) is 2.37. The molecule has 0 saturated heterocycles. The van der Waals surface area contributed by atoms with Gasteiger partial charge in [-0.3, -0.25) is 0 Å². The Morgan fingerprint density at radius 1 is 1.62 bits per heavy atom. The maximum absolute atomic E-state index is 5.99. The summed E-state index contributed by atoms with van der Waals surface area (Å²) in [4.78, 5) is 3.94. The quantitative estimate of drug-likeness (QED) is 0.538. The van der Waals surface area contributed by atoms with Gasteiger partial charge in [-0.2, -0.15) is 0 Å². The van der Waals surface area contributed by atoms with E-state index >= 15 is 0 Å². The number of hydrogen-bond donors (Lipinski definition) is 0. The smallest absolute Gasteiger partial charge is 0.132 e. The Balaban J connectivity index is 3.22. The Labute approximate surface area is 87.7 Å². The number of nitrogens with zero attached hydrogens (tertiary/aromatic N) is 1. The first-order valence-electron chi connectivity index (χ1n) is 3.76. The summed E-state index contributed by atoms with van der Waals surface area (Å²) < 4.78 is 0. The van der Waals surface area contributed by atoms with Crippen molar-refractivity contribution in [2.24, 2.45) is 0 Å². The summed E-state index contributed by atoms with van der Waals surface area (Å²) >= 11 is 11.8. The van der Waals surface area contributed by atoms with Crippen LogP contribution in [0.25, 0.3) is 5.03 Å². The lowest BCUT2D eigenvalue weighted by Gasteiger charge is -2.04. The molecule has 0 spiro atoms. The van der Waals surface area contributed by atoms with Gasteiger partial charge < -0.3 is 0 Å². The Morgan fingerprint density at radius 3 is 2.92 bits per heavy atom. The van der Waals surface area contributed by atoms with Crippen molar-refractivity contribution in [3.8, 4) is 0 Å². The topological polar surface area (TPSA) is 12.9 Å². The van der Waals surface area contributed by atoms with Gasteiger partial charge in [0.05, 0.1) is 0 Å². The summed E-state index contributed by atoms with van der Waals surface area (Å²) in [5, 5.41) is 1.10. The summed E-state index contributed by atoms with van der Waals surface area (Å²) in [6, 6.07) is 1.82. The van der Waals surface area contributed by atoms with Gasteiger partial charge in [0.25, 0.3) is 0 Å². The van der Waals surface area contributed by atoms with E-state index in [0.717, 1.165) is 11.1 Å². The van der Waals surface area contributed by atoms with Gasteiger partial charge in [-0.15, -0.1) is 0 Å². The molecule has 0 N–H and O–H groups in total. The van der Waals surface area contributed by atoms with E-state index in [-0.39, 0.29) is 0 Å². The predicted octanol–water partition coefficient (Wildman–Crippen LogP) is 3.81. The first-order chi connectivity index (χ1) is 6.16. The first-order valence-corrected chi connectivity index (χ1v) is 4.52. The summed E-state index contributed by atoms with van der Waals surface area (Å²) in [5.41, 5.74) is 1.77. The van der Waals surface area contributed by atoms with Crippen LogP contribution in [0.4, 0.5) is 0 Å². The van der Waals surface area contributed by atoms with Gasteiger partial charge in [0, 0.05) is 16.8 Å². The molecule has 1 rings (SSSR count). The van der Waals surface area contributed by atoms with E-state index in [4.69, 9.17) is 23.2 Å². The van der Waals surface area contributed by atoms with Gasteiger partial charge in [0.1, 0.15) is 5.15 Å². The van der Waals surface area contributed by atoms with E-state index in [1.165, 1.54) is 0 Å². The zero-order valence-electron chi connectivity index (χ0n) is 7.22. The van der Waals surface area contributed by atoms with Crippen LogP contribution < -0.4 is 0 Å². The van der Waals surface area contributed by atoms with E-state index in [9.17, 15) is 0 Å². The molecule has 0 saturated carbocycles. The number of allylic oxidation sites excluding steroid dienone is 2. The number of rotatable bonds is 2. The second kappa shape index (κ2) is 4.45. The van der Waals surface area contributed by atoms with Gasteiger partial charge in [-0.25, -0.2) is 4.98 Å². The number of hydrogen-bond acceptors (Lipinski definition) is 1. The number of pyridine rings is 1. The zero-order valence-corrected chi connectivity index (χ0v) is 8.73. The molecular weight excluding hydrogens is 205 g/mol. The highest BCUT2D eigenvalue weighted by Gasteiger charge is 2.04. The standard InChI is InChI=1S/C10H9Cl2N/c1-3-4-9(11)8-5-6-13-10(12)7(8)2/h3-6H,1H2,2H3. The van der Waals surface area contributed by atoms with E-state index in [2.05, 4.69) is 11.6 Å². The second-order valence-corrected chi connectivity index (χ2v) is 3.29. The van der Waals surface area contributed by atoms with Crippen LogP contribution in [0, 0.1) is 6.92 Å². The summed E-state index contributed by atoms with van der Waals surface area (Å²) in [7, 11) is 0. The molecule has 0 atom stereocenters. The Morgan fingerprint density at radius 2 is 2.31 bits per heavy atom. The minimum absolute atomic E-state index is 0.480. The molecule has 68 valence electrons. The van der Waals surface area contributed by atoms with E-state index < -0.39 is 0 Å². The van der Waals surface area contributed by atoms with Gasteiger partial charge in [-0.05, 0) is 24.6 Å². The zero-order chi connectivity index (χ0) is 9.84. The fourth-order valence-electron chi connectivity index (χ4n) is 0.962. The van der Waals surface area contributed by atoms with E-state index in [1.54, 1.807) is 18.3 Å². The summed E-state index contributed by atoms with van der Waals surface area (Å²) in [5.74, 6) is 0. The number of halogens is 2. The molecule has 0 unspecified atom stereocenters. The van der Waals surface area contributed by atoms with Crippen LogP contribution in [0.15, 0.2) is 31.0 Å². The van der Waals surface area contributed by atoms with Crippen molar-refractivity contribution >= 4 is 28.2 Å². The van der Waals surface area contributed by atoms with Crippen LogP contribution in [-0.4, -0.2) is 4.98 Å². The first kappa shape index (κ1) is 10.3. The third kappa shape index (κ3) is 2.33. The molecule has 3 heteroatoms. The molecule has 0 amide bonds. The maximum atomic E-state index is 5.99. The SMILES string of the molecule is C=CC=C(Cl)c1ccnc(Cl)c1C. The molecule has 0 bridgehead atoms. The Hall–Kier alpha value is -0.790. The van der Waals surface area contributed by atoms with E-state index in [1.807, 2.05) is 13.0 Å². The minimum atomic E-state index is 0.480. The van der Waals surface area contributed by atoms with Crippen LogP contribution in [0.5, 0.6) is 0 Å².